The Labute approximate surface area is 126 Å². The van der Waals surface area contributed by atoms with Gasteiger partial charge in [-0.2, -0.15) is 0 Å². The van der Waals surface area contributed by atoms with E-state index in [0.29, 0.717) is 5.75 Å². The van der Waals surface area contributed by atoms with Crippen molar-refractivity contribution in [1.29, 1.82) is 0 Å². The number of ether oxygens (including phenoxy) is 1. The standard InChI is InChI=1S/C18H23NO2/c1-12-9-10-15(17(20)11-12)13(2)19-14(3)16-7-5-6-8-18(16)21-4/h5-11,13-14,19-20H,1-4H3. The van der Waals surface area contributed by atoms with Gasteiger partial charge in [0.2, 0.25) is 0 Å². The minimum Gasteiger partial charge on any atom is -0.508 e. The van der Waals surface area contributed by atoms with Gasteiger partial charge in [0.1, 0.15) is 11.5 Å². The molecule has 0 aliphatic carbocycles. The number of hydrogen-bond donors (Lipinski definition) is 2. The minimum atomic E-state index is 0.0468. The van der Waals surface area contributed by atoms with Gasteiger partial charge in [-0.1, -0.05) is 30.3 Å². The summed E-state index contributed by atoms with van der Waals surface area (Å²) in [6, 6.07) is 13.9. The third-order valence-electron chi connectivity index (χ3n) is 3.76. The summed E-state index contributed by atoms with van der Waals surface area (Å²) in [6.45, 7) is 6.12. The lowest BCUT2D eigenvalue weighted by Gasteiger charge is -2.23. The van der Waals surface area contributed by atoms with Crippen LogP contribution in [0.3, 0.4) is 0 Å². The van der Waals surface area contributed by atoms with Crippen molar-refractivity contribution in [2.45, 2.75) is 32.9 Å². The van der Waals surface area contributed by atoms with Gasteiger partial charge < -0.3 is 15.2 Å². The zero-order valence-corrected chi connectivity index (χ0v) is 13.1. The summed E-state index contributed by atoms with van der Waals surface area (Å²) in [4.78, 5) is 0. The molecule has 0 aliphatic rings. The molecule has 0 heterocycles. The van der Waals surface area contributed by atoms with Crippen molar-refractivity contribution in [3.8, 4) is 11.5 Å². The number of phenolic OH excluding ortho intramolecular Hbond substituents is 1. The number of methoxy groups -OCH3 is 1. The Kier molecular flexibility index (Phi) is 4.86. The van der Waals surface area contributed by atoms with E-state index in [-0.39, 0.29) is 12.1 Å². The molecule has 2 atom stereocenters. The Bertz CT molecular complexity index is 610. The van der Waals surface area contributed by atoms with Crippen molar-refractivity contribution in [2.75, 3.05) is 7.11 Å². The topological polar surface area (TPSA) is 41.5 Å². The summed E-state index contributed by atoms with van der Waals surface area (Å²) in [6.07, 6.45) is 0. The van der Waals surface area contributed by atoms with Crippen LogP contribution in [-0.2, 0) is 0 Å². The maximum atomic E-state index is 10.1. The fourth-order valence-electron chi connectivity index (χ4n) is 2.60. The highest BCUT2D eigenvalue weighted by Crippen LogP contribution is 2.30. The lowest BCUT2D eigenvalue weighted by molar-refractivity contribution is 0.394. The van der Waals surface area contributed by atoms with E-state index in [1.165, 1.54) is 0 Å². The van der Waals surface area contributed by atoms with Gasteiger partial charge >= 0.3 is 0 Å². The molecule has 0 fully saturated rings. The third kappa shape index (κ3) is 3.56. The lowest BCUT2D eigenvalue weighted by Crippen LogP contribution is -2.23. The largest absolute Gasteiger partial charge is 0.508 e. The van der Waals surface area contributed by atoms with Crippen LogP contribution in [0.5, 0.6) is 11.5 Å². The van der Waals surface area contributed by atoms with Crippen LogP contribution in [0.15, 0.2) is 42.5 Å². The van der Waals surface area contributed by atoms with Crippen molar-refractivity contribution in [1.82, 2.24) is 5.32 Å². The molecular weight excluding hydrogens is 262 g/mol. The van der Waals surface area contributed by atoms with Crippen LogP contribution in [0.1, 0.15) is 42.6 Å². The van der Waals surface area contributed by atoms with E-state index in [1.807, 2.05) is 37.3 Å². The Morgan fingerprint density at radius 2 is 1.67 bits per heavy atom. The molecular formula is C18H23NO2. The minimum absolute atomic E-state index is 0.0468. The Morgan fingerprint density at radius 1 is 1.00 bits per heavy atom. The Morgan fingerprint density at radius 3 is 2.33 bits per heavy atom. The monoisotopic (exact) mass is 285 g/mol. The first-order chi connectivity index (χ1) is 10.0. The number of nitrogens with one attached hydrogen (secondary N) is 1. The second kappa shape index (κ2) is 6.64. The molecule has 3 nitrogen and oxygen atoms in total. The fraction of sp³-hybridized carbons (Fsp3) is 0.333. The quantitative estimate of drug-likeness (QED) is 0.868. The first-order valence-electron chi connectivity index (χ1n) is 7.21. The van der Waals surface area contributed by atoms with Gasteiger partial charge in [0.25, 0.3) is 0 Å². The van der Waals surface area contributed by atoms with Crippen molar-refractivity contribution in [3.63, 3.8) is 0 Å². The molecule has 3 heteroatoms. The van der Waals surface area contributed by atoms with Crippen LogP contribution >= 0.6 is 0 Å². The molecule has 0 radical (unpaired) electrons. The van der Waals surface area contributed by atoms with Crippen molar-refractivity contribution in [2.24, 2.45) is 0 Å². The average Bonchev–Trinajstić information content (AvgIpc) is 2.46. The van der Waals surface area contributed by atoms with Gasteiger partial charge in [-0.25, -0.2) is 0 Å². The van der Waals surface area contributed by atoms with Crippen LogP contribution in [0.4, 0.5) is 0 Å². The zero-order chi connectivity index (χ0) is 15.4. The van der Waals surface area contributed by atoms with Crippen LogP contribution in [0.2, 0.25) is 0 Å². The van der Waals surface area contributed by atoms with Crippen LogP contribution in [0.25, 0.3) is 0 Å². The number of phenols is 1. The van der Waals surface area contributed by atoms with E-state index in [4.69, 9.17) is 4.74 Å². The summed E-state index contributed by atoms with van der Waals surface area (Å²) >= 11 is 0. The van der Waals surface area contributed by atoms with Gasteiger partial charge in [0, 0.05) is 23.2 Å². The zero-order valence-electron chi connectivity index (χ0n) is 13.1. The highest BCUT2D eigenvalue weighted by atomic mass is 16.5. The molecule has 0 aromatic heterocycles. The lowest BCUT2D eigenvalue weighted by atomic mass is 10.0. The van der Waals surface area contributed by atoms with Crippen LogP contribution in [0, 0.1) is 6.92 Å². The fourth-order valence-corrected chi connectivity index (χ4v) is 2.60. The number of benzene rings is 2. The maximum absolute atomic E-state index is 10.1. The number of rotatable bonds is 5. The molecule has 0 aliphatic heterocycles. The molecule has 0 saturated carbocycles. The molecule has 112 valence electrons. The van der Waals surface area contributed by atoms with E-state index in [0.717, 1.165) is 22.4 Å². The molecule has 2 N–H and O–H groups in total. The summed E-state index contributed by atoms with van der Waals surface area (Å²) < 4.78 is 5.40. The normalized spacial score (nSPS) is 13.7. The Hall–Kier alpha value is -2.00. The van der Waals surface area contributed by atoms with Crippen molar-refractivity contribution in [3.05, 3.63) is 59.2 Å². The second-order valence-corrected chi connectivity index (χ2v) is 5.41. The van der Waals surface area contributed by atoms with Gasteiger partial charge in [0.05, 0.1) is 7.11 Å². The summed E-state index contributed by atoms with van der Waals surface area (Å²) in [5.41, 5.74) is 3.07. The van der Waals surface area contributed by atoms with E-state index in [2.05, 4.69) is 25.2 Å². The number of hydrogen-bond acceptors (Lipinski definition) is 3. The average molecular weight is 285 g/mol. The molecule has 0 bridgehead atoms. The molecule has 2 aromatic carbocycles. The summed E-state index contributed by atoms with van der Waals surface area (Å²) in [5, 5.41) is 13.6. The van der Waals surface area contributed by atoms with Gasteiger partial charge in [0.15, 0.2) is 0 Å². The van der Waals surface area contributed by atoms with Crippen molar-refractivity contribution >= 4 is 0 Å². The SMILES string of the molecule is COc1ccccc1C(C)NC(C)c1ccc(C)cc1O. The molecule has 2 aromatic rings. The molecule has 0 spiro atoms. The number of aryl methyl sites for hydroxylation is 1. The molecule has 0 saturated heterocycles. The van der Waals surface area contributed by atoms with E-state index < -0.39 is 0 Å². The van der Waals surface area contributed by atoms with Gasteiger partial charge in [-0.15, -0.1) is 0 Å². The van der Waals surface area contributed by atoms with E-state index in [9.17, 15) is 5.11 Å². The van der Waals surface area contributed by atoms with Crippen molar-refractivity contribution < 1.29 is 9.84 Å². The van der Waals surface area contributed by atoms with E-state index in [1.54, 1.807) is 13.2 Å². The predicted octanol–water partition coefficient (Wildman–Crippen LogP) is 4.12. The molecule has 2 unspecified atom stereocenters. The third-order valence-corrected chi connectivity index (χ3v) is 3.76. The smallest absolute Gasteiger partial charge is 0.123 e. The highest BCUT2D eigenvalue weighted by molar-refractivity contribution is 5.39. The Balaban J connectivity index is 2.16. The van der Waals surface area contributed by atoms with E-state index >= 15 is 0 Å². The molecule has 21 heavy (non-hydrogen) atoms. The van der Waals surface area contributed by atoms with Gasteiger partial charge in [-0.05, 0) is 38.5 Å². The summed E-state index contributed by atoms with van der Waals surface area (Å²) in [7, 11) is 1.68. The van der Waals surface area contributed by atoms with Crippen LogP contribution in [-0.4, -0.2) is 12.2 Å². The van der Waals surface area contributed by atoms with Gasteiger partial charge in [-0.3, -0.25) is 0 Å². The van der Waals surface area contributed by atoms with Crippen LogP contribution < -0.4 is 10.1 Å². The molecule has 0 amide bonds. The highest BCUT2D eigenvalue weighted by Gasteiger charge is 2.16. The second-order valence-electron chi connectivity index (χ2n) is 5.41. The number of para-hydroxylation sites is 1. The molecule has 2 rings (SSSR count). The first-order valence-corrected chi connectivity index (χ1v) is 7.21. The predicted molar refractivity (Wildman–Crippen MR) is 85.8 cm³/mol. The maximum Gasteiger partial charge on any atom is 0.123 e. The first kappa shape index (κ1) is 15.4. The summed E-state index contributed by atoms with van der Waals surface area (Å²) in [5.74, 6) is 1.21. The number of aromatic hydroxyl groups is 1.